The molecule has 1 unspecified atom stereocenters. The second-order valence-corrected chi connectivity index (χ2v) is 5.36. The van der Waals surface area contributed by atoms with Gasteiger partial charge >= 0.3 is 0 Å². The average molecular weight is 261 g/mol. The predicted molar refractivity (Wildman–Crippen MR) is 73.8 cm³/mol. The molecule has 0 spiro atoms. The van der Waals surface area contributed by atoms with E-state index in [1.54, 1.807) is 6.07 Å². The van der Waals surface area contributed by atoms with Gasteiger partial charge in [-0.25, -0.2) is 0 Å². The van der Waals surface area contributed by atoms with E-state index in [9.17, 15) is 9.90 Å². The van der Waals surface area contributed by atoms with E-state index in [1.807, 2.05) is 12.1 Å². The molecule has 2 aliphatic rings. The number of aliphatic hydroxyl groups excluding tert-OH is 1. The van der Waals surface area contributed by atoms with Crippen molar-refractivity contribution < 1.29 is 9.90 Å². The fraction of sp³-hybridized carbons (Fsp3) is 0.500. The monoisotopic (exact) mass is 261 g/mol. The first kappa shape index (κ1) is 12.4. The number of carbonyl (C=O) groups is 1. The highest BCUT2D eigenvalue weighted by Gasteiger charge is 2.33. The molecule has 4 N–H and O–H groups in total. The Bertz CT molecular complexity index is 495. The fourth-order valence-corrected chi connectivity index (χ4v) is 2.94. The van der Waals surface area contributed by atoms with E-state index >= 15 is 0 Å². The van der Waals surface area contributed by atoms with Crippen LogP contribution in [0, 0.1) is 0 Å². The summed E-state index contributed by atoms with van der Waals surface area (Å²) in [5.41, 5.74) is 8.37. The summed E-state index contributed by atoms with van der Waals surface area (Å²) in [6, 6.07) is 5.60. The molecule has 1 aromatic carbocycles. The molecule has 0 bridgehead atoms. The van der Waals surface area contributed by atoms with Crippen LogP contribution in [0.2, 0.25) is 0 Å². The van der Waals surface area contributed by atoms with Crippen molar-refractivity contribution in [1.29, 1.82) is 0 Å². The van der Waals surface area contributed by atoms with Gasteiger partial charge in [0.15, 0.2) is 0 Å². The van der Waals surface area contributed by atoms with Gasteiger partial charge in [-0.3, -0.25) is 9.69 Å². The van der Waals surface area contributed by atoms with Crippen LogP contribution in [0.5, 0.6) is 0 Å². The van der Waals surface area contributed by atoms with Crippen molar-refractivity contribution in [3.8, 4) is 0 Å². The summed E-state index contributed by atoms with van der Waals surface area (Å²) in [6.07, 6.45) is 1.97. The third kappa shape index (κ3) is 2.31. The molecule has 5 nitrogen and oxygen atoms in total. The van der Waals surface area contributed by atoms with Gasteiger partial charge in [-0.15, -0.1) is 0 Å². The number of hydrogen-bond acceptors (Lipinski definition) is 4. The van der Waals surface area contributed by atoms with Crippen molar-refractivity contribution in [3.63, 3.8) is 0 Å². The Morgan fingerprint density at radius 3 is 2.79 bits per heavy atom. The molecule has 0 radical (unpaired) electrons. The van der Waals surface area contributed by atoms with Crippen LogP contribution in [0.4, 0.5) is 11.4 Å². The third-order valence-electron chi connectivity index (χ3n) is 4.09. The lowest BCUT2D eigenvalue weighted by Gasteiger charge is -2.37. The van der Waals surface area contributed by atoms with Crippen molar-refractivity contribution in [2.24, 2.45) is 0 Å². The molecule has 3 rings (SSSR count). The second kappa shape index (κ2) is 4.83. The minimum atomic E-state index is -0.217. The lowest BCUT2D eigenvalue weighted by atomic mass is 9.95. The zero-order valence-electron chi connectivity index (χ0n) is 10.8. The Balaban J connectivity index is 1.80. The van der Waals surface area contributed by atoms with Gasteiger partial charge < -0.3 is 16.2 Å². The van der Waals surface area contributed by atoms with Gasteiger partial charge in [0.2, 0.25) is 5.91 Å². The lowest BCUT2D eigenvalue weighted by Crippen LogP contribution is -2.51. The molecule has 102 valence electrons. The van der Waals surface area contributed by atoms with Crippen molar-refractivity contribution in [3.05, 3.63) is 23.8 Å². The predicted octanol–water partition coefficient (Wildman–Crippen LogP) is 0.589. The lowest BCUT2D eigenvalue weighted by molar-refractivity contribution is -0.122. The van der Waals surface area contributed by atoms with Crippen LogP contribution in [0.15, 0.2) is 18.2 Å². The summed E-state index contributed by atoms with van der Waals surface area (Å²) in [5, 5.41) is 12.5. The summed E-state index contributed by atoms with van der Waals surface area (Å²) >= 11 is 0. The minimum absolute atomic E-state index is 0.0155. The molecule has 2 heterocycles. The first-order chi connectivity index (χ1) is 9.15. The molecule has 0 saturated carbocycles. The van der Waals surface area contributed by atoms with Crippen LogP contribution in [0.1, 0.15) is 18.4 Å². The maximum absolute atomic E-state index is 12.2. The molecule has 1 saturated heterocycles. The highest BCUT2D eigenvalue weighted by Crippen LogP contribution is 2.30. The number of carbonyl (C=O) groups excluding carboxylic acids is 1. The molecule has 5 heteroatoms. The summed E-state index contributed by atoms with van der Waals surface area (Å²) in [5.74, 6) is 0.0155. The second-order valence-electron chi connectivity index (χ2n) is 5.36. The number of benzene rings is 1. The van der Waals surface area contributed by atoms with Gasteiger partial charge in [-0.1, -0.05) is 12.1 Å². The molecule has 2 aliphatic heterocycles. The number of hydrogen-bond donors (Lipinski definition) is 3. The number of nitrogens with zero attached hydrogens (tertiary/aromatic N) is 1. The quantitative estimate of drug-likeness (QED) is 0.646. The number of nitrogens with two attached hydrogens (primary N) is 1. The minimum Gasteiger partial charge on any atom is -0.397 e. The van der Waals surface area contributed by atoms with Gasteiger partial charge in [0.05, 0.1) is 23.5 Å². The van der Waals surface area contributed by atoms with Crippen LogP contribution < -0.4 is 11.1 Å². The van der Waals surface area contributed by atoms with Crippen LogP contribution in [-0.2, 0) is 11.2 Å². The number of fused-ring (bicyclic) bond motifs is 1. The van der Waals surface area contributed by atoms with Gasteiger partial charge in [0.1, 0.15) is 0 Å². The first-order valence-corrected chi connectivity index (χ1v) is 6.75. The maximum Gasteiger partial charge on any atom is 0.242 e. The normalized spacial score (nSPS) is 24.9. The number of piperidine rings is 1. The standard InChI is InChI=1S/C14H19N3O2/c15-11-3-1-2-9-8-12(14(19)16-13(9)11)17-6-4-10(18)5-7-17/h1-3,10,12,18H,4-8,15H2,(H,16,19). The van der Waals surface area contributed by atoms with E-state index < -0.39 is 0 Å². The summed E-state index contributed by atoms with van der Waals surface area (Å²) in [7, 11) is 0. The topological polar surface area (TPSA) is 78.6 Å². The fourth-order valence-electron chi connectivity index (χ4n) is 2.94. The molecule has 1 fully saturated rings. The van der Waals surface area contributed by atoms with Crippen LogP contribution in [0.25, 0.3) is 0 Å². The number of amides is 1. The van der Waals surface area contributed by atoms with E-state index in [2.05, 4.69) is 10.2 Å². The van der Waals surface area contributed by atoms with E-state index in [1.165, 1.54) is 0 Å². The number of nitrogens with one attached hydrogen (secondary N) is 1. The van der Waals surface area contributed by atoms with Crippen molar-refractivity contribution in [1.82, 2.24) is 4.90 Å². The Morgan fingerprint density at radius 1 is 1.32 bits per heavy atom. The van der Waals surface area contributed by atoms with Crippen molar-refractivity contribution >= 4 is 17.3 Å². The Kier molecular flexibility index (Phi) is 3.16. The molecule has 1 aromatic rings. The number of para-hydroxylation sites is 1. The largest absolute Gasteiger partial charge is 0.397 e. The van der Waals surface area contributed by atoms with E-state index in [0.29, 0.717) is 12.1 Å². The number of nitrogen functional groups attached to an aromatic ring is 1. The molecule has 19 heavy (non-hydrogen) atoms. The van der Waals surface area contributed by atoms with Crippen LogP contribution >= 0.6 is 0 Å². The number of anilines is 2. The molecule has 0 aliphatic carbocycles. The SMILES string of the molecule is Nc1cccc2c1NC(=O)C(N1CCC(O)CC1)C2. The number of likely N-dealkylation sites (tertiary alicyclic amines) is 1. The van der Waals surface area contributed by atoms with Gasteiger partial charge in [-0.2, -0.15) is 0 Å². The number of rotatable bonds is 1. The Morgan fingerprint density at radius 2 is 2.05 bits per heavy atom. The Hall–Kier alpha value is -1.59. The smallest absolute Gasteiger partial charge is 0.242 e. The van der Waals surface area contributed by atoms with Crippen molar-refractivity contribution in [2.45, 2.75) is 31.4 Å². The van der Waals surface area contributed by atoms with Crippen LogP contribution in [-0.4, -0.2) is 41.1 Å². The molecular weight excluding hydrogens is 242 g/mol. The van der Waals surface area contributed by atoms with E-state index in [4.69, 9.17) is 5.73 Å². The third-order valence-corrected chi connectivity index (χ3v) is 4.09. The van der Waals surface area contributed by atoms with Crippen molar-refractivity contribution in [2.75, 3.05) is 24.1 Å². The van der Waals surface area contributed by atoms with Gasteiger partial charge in [0, 0.05) is 13.1 Å². The first-order valence-electron chi connectivity index (χ1n) is 6.75. The zero-order chi connectivity index (χ0) is 13.4. The van der Waals surface area contributed by atoms with E-state index in [0.717, 1.165) is 37.2 Å². The van der Waals surface area contributed by atoms with Gasteiger partial charge in [-0.05, 0) is 30.9 Å². The van der Waals surface area contributed by atoms with Crippen LogP contribution in [0.3, 0.4) is 0 Å². The summed E-state index contributed by atoms with van der Waals surface area (Å²) in [6.45, 7) is 1.55. The maximum atomic E-state index is 12.2. The van der Waals surface area contributed by atoms with E-state index in [-0.39, 0.29) is 18.1 Å². The number of aliphatic hydroxyl groups is 1. The molecule has 0 aromatic heterocycles. The van der Waals surface area contributed by atoms with Gasteiger partial charge in [0.25, 0.3) is 0 Å². The highest BCUT2D eigenvalue weighted by molar-refractivity contribution is 6.00. The molecular formula is C14H19N3O2. The summed E-state index contributed by atoms with van der Waals surface area (Å²) in [4.78, 5) is 14.4. The highest BCUT2D eigenvalue weighted by atomic mass is 16.3. The summed E-state index contributed by atoms with van der Waals surface area (Å²) < 4.78 is 0. The average Bonchev–Trinajstić information content (AvgIpc) is 2.40. The Labute approximate surface area is 112 Å². The molecule has 1 amide bonds. The zero-order valence-corrected chi connectivity index (χ0v) is 10.8. The molecule has 1 atom stereocenters.